The first-order chi connectivity index (χ1) is 15.7. The molecular formula is C22H29N3O4S4. The quantitative estimate of drug-likeness (QED) is 0.120. The van der Waals surface area contributed by atoms with E-state index in [4.69, 9.17) is 0 Å². The fraction of sp³-hybridized carbons (Fsp3) is 0.455. The Morgan fingerprint density at radius 1 is 0.879 bits per heavy atom. The molecule has 7 nitrogen and oxygen atoms in total. The van der Waals surface area contributed by atoms with E-state index in [1.807, 2.05) is 45.9 Å². The molecule has 2 aromatic heterocycles. The summed E-state index contributed by atoms with van der Waals surface area (Å²) < 4.78 is 0. The first-order valence-corrected chi connectivity index (χ1v) is 15.0. The van der Waals surface area contributed by atoms with Gasteiger partial charge in [-0.05, 0) is 39.8 Å². The molecule has 0 bridgehead atoms. The van der Waals surface area contributed by atoms with Crippen LogP contribution in [0.25, 0.3) is 0 Å². The monoisotopic (exact) mass is 527 g/mol. The number of nitrogens with zero attached hydrogens (tertiary/aromatic N) is 3. The van der Waals surface area contributed by atoms with Gasteiger partial charge in [-0.15, -0.1) is 0 Å². The van der Waals surface area contributed by atoms with Gasteiger partial charge in [0.15, 0.2) is 0 Å². The molecule has 0 fully saturated rings. The summed E-state index contributed by atoms with van der Waals surface area (Å²) in [5.41, 5.74) is -0.0145. The Morgan fingerprint density at radius 2 is 1.42 bits per heavy atom. The Labute approximate surface area is 211 Å². The summed E-state index contributed by atoms with van der Waals surface area (Å²) in [7, 11) is 6.27. The lowest BCUT2D eigenvalue weighted by Gasteiger charge is -2.03. The van der Waals surface area contributed by atoms with Crippen LogP contribution < -0.4 is 0 Å². The van der Waals surface area contributed by atoms with Crippen molar-refractivity contribution in [2.75, 3.05) is 11.5 Å². The van der Waals surface area contributed by atoms with Gasteiger partial charge < -0.3 is 0 Å². The molecule has 2 heterocycles. The summed E-state index contributed by atoms with van der Waals surface area (Å²) in [6, 6.07) is 8.88. The average Bonchev–Trinajstić information content (AvgIpc) is 2.80. The van der Waals surface area contributed by atoms with Crippen LogP contribution in [0.2, 0.25) is 0 Å². The number of pyridine rings is 2. The molecule has 0 saturated carbocycles. The van der Waals surface area contributed by atoms with Gasteiger partial charge >= 0.3 is 0 Å². The van der Waals surface area contributed by atoms with E-state index in [9.17, 15) is 19.7 Å². The third kappa shape index (κ3) is 13.7. The summed E-state index contributed by atoms with van der Waals surface area (Å²) in [5.74, 6) is 2.40. The van der Waals surface area contributed by atoms with E-state index < -0.39 is 4.92 Å². The highest BCUT2D eigenvalue weighted by atomic mass is 33.1. The largest absolute Gasteiger partial charge is 0.299 e. The summed E-state index contributed by atoms with van der Waals surface area (Å²) in [6.45, 7) is 7.66. The van der Waals surface area contributed by atoms with Crippen molar-refractivity contribution in [3.05, 3.63) is 52.8 Å². The molecule has 2 aromatic rings. The third-order valence-electron chi connectivity index (χ3n) is 4.01. The molecule has 180 valence electrons. The fourth-order valence-corrected chi connectivity index (χ4v) is 5.74. The van der Waals surface area contributed by atoms with Crippen molar-refractivity contribution in [1.29, 1.82) is 0 Å². The fourth-order valence-electron chi connectivity index (χ4n) is 1.99. The van der Waals surface area contributed by atoms with E-state index in [1.54, 1.807) is 33.9 Å². The van der Waals surface area contributed by atoms with E-state index in [0.29, 0.717) is 23.7 Å². The predicted molar refractivity (Wildman–Crippen MR) is 141 cm³/mol. The molecule has 0 radical (unpaired) electrons. The molecule has 0 aliphatic rings. The van der Waals surface area contributed by atoms with Crippen LogP contribution in [-0.4, -0.2) is 38.0 Å². The van der Waals surface area contributed by atoms with Crippen LogP contribution in [0.5, 0.6) is 0 Å². The van der Waals surface area contributed by atoms with Gasteiger partial charge in [-0.3, -0.25) is 19.7 Å². The molecule has 0 aliphatic heterocycles. The van der Waals surface area contributed by atoms with Crippen LogP contribution in [-0.2, 0) is 9.59 Å². The standard InChI is InChI=1S/C11H14N2O3S2.C11H15NOS2/c1-8(2)10(14)5-6-17-18-11-4-3-9(7-12-11)13(15)16;1-9(2)10(13)6-8-14-15-11-5-3-4-7-12-11/h3-4,7-8H,5-6H2,1-2H3;3-5,7,9H,6,8H2,1-2H3. The number of ketones is 2. The van der Waals surface area contributed by atoms with Gasteiger partial charge in [-0.2, -0.15) is 0 Å². The Balaban J connectivity index is 0.000000335. The molecule has 33 heavy (non-hydrogen) atoms. The van der Waals surface area contributed by atoms with E-state index in [-0.39, 0.29) is 23.3 Å². The van der Waals surface area contributed by atoms with Crippen molar-refractivity contribution in [2.45, 2.75) is 50.6 Å². The van der Waals surface area contributed by atoms with Crippen molar-refractivity contribution in [2.24, 2.45) is 11.8 Å². The van der Waals surface area contributed by atoms with Crippen LogP contribution in [0.15, 0.2) is 52.8 Å². The summed E-state index contributed by atoms with van der Waals surface area (Å²) in [6.07, 6.45) is 4.22. The van der Waals surface area contributed by atoms with Crippen LogP contribution in [0, 0.1) is 22.0 Å². The molecule has 11 heteroatoms. The summed E-state index contributed by atoms with van der Waals surface area (Å²) in [4.78, 5) is 40.8. The SMILES string of the molecule is CC(C)C(=O)CCSSc1ccc([N+](=O)[O-])cn1.CC(C)C(=O)CCSSc1ccccn1. The molecule has 0 amide bonds. The molecule has 0 unspecified atom stereocenters. The van der Waals surface area contributed by atoms with Gasteiger partial charge in [0, 0.05) is 48.4 Å². The maximum atomic E-state index is 11.4. The van der Waals surface area contributed by atoms with Gasteiger partial charge in [0.1, 0.15) is 27.8 Å². The van der Waals surface area contributed by atoms with E-state index in [2.05, 4.69) is 9.97 Å². The normalized spacial score (nSPS) is 10.6. The second-order valence-electron chi connectivity index (χ2n) is 7.33. The zero-order chi connectivity index (χ0) is 24.6. The highest BCUT2D eigenvalue weighted by molar-refractivity contribution is 8.77. The maximum Gasteiger partial charge on any atom is 0.287 e. The number of aromatic nitrogens is 2. The lowest BCUT2D eigenvalue weighted by molar-refractivity contribution is -0.385. The number of nitro groups is 1. The Bertz CT molecular complexity index is 866. The van der Waals surface area contributed by atoms with Gasteiger partial charge in [0.2, 0.25) is 0 Å². The number of carbonyl (C=O) groups is 2. The van der Waals surface area contributed by atoms with Crippen LogP contribution in [0.4, 0.5) is 5.69 Å². The third-order valence-corrected chi connectivity index (χ3v) is 8.54. The molecule has 0 spiro atoms. The lowest BCUT2D eigenvalue weighted by atomic mass is 10.1. The molecular weight excluding hydrogens is 499 g/mol. The second kappa shape index (κ2) is 17.0. The van der Waals surface area contributed by atoms with Crippen molar-refractivity contribution < 1.29 is 14.5 Å². The highest BCUT2D eigenvalue weighted by Crippen LogP contribution is 2.31. The number of carbonyl (C=O) groups excluding carboxylic acids is 2. The first-order valence-electron chi connectivity index (χ1n) is 10.4. The summed E-state index contributed by atoms with van der Waals surface area (Å²) >= 11 is 0. The zero-order valence-corrected chi connectivity index (χ0v) is 22.4. The number of hydrogen-bond donors (Lipinski definition) is 0. The predicted octanol–water partition coefficient (Wildman–Crippen LogP) is 6.78. The topological polar surface area (TPSA) is 103 Å². The van der Waals surface area contributed by atoms with E-state index >= 15 is 0 Å². The molecule has 2 rings (SSSR count). The lowest BCUT2D eigenvalue weighted by Crippen LogP contribution is -2.07. The smallest absolute Gasteiger partial charge is 0.287 e. The maximum absolute atomic E-state index is 11.4. The molecule has 0 aliphatic carbocycles. The van der Waals surface area contributed by atoms with E-state index in [1.165, 1.54) is 33.9 Å². The van der Waals surface area contributed by atoms with Crippen LogP contribution in [0.3, 0.4) is 0 Å². The van der Waals surface area contributed by atoms with Crippen molar-refractivity contribution in [3.8, 4) is 0 Å². The number of hydrogen-bond acceptors (Lipinski definition) is 10. The van der Waals surface area contributed by atoms with E-state index in [0.717, 1.165) is 16.5 Å². The minimum atomic E-state index is -0.476. The average molecular weight is 528 g/mol. The molecule has 0 aromatic carbocycles. The Morgan fingerprint density at radius 3 is 1.82 bits per heavy atom. The van der Waals surface area contributed by atoms with Crippen molar-refractivity contribution in [1.82, 2.24) is 9.97 Å². The van der Waals surface area contributed by atoms with Crippen molar-refractivity contribution >= 4 is 60.4 Å². The van der Waals surface area contributed by atoms with Gasteiger partial charge in [0.05, 0.1) is 4.92 Å². The first kappa shape index (κ1) is 29.5. The molecule has 0 N–H and O–H groups in total. The minimum absolute atomic E-state index is 0.0145. The number of Topliss-reactive ketones (excluding diaryl/α,β-unsaturated/α-hetero) is 2. The number of rotatable bonds is 13. The zero-order valence-electron chi connectivity index (χ0n) is 19.1. The van der Waals surface area contributed by atoms with Gasteiger partial charge in [0.25, 0.3) is 5.69 Å². The van der Waals surface area contributed by atoms with Crippen LogP contribution in [0.1, 0.15) is 40.5 Å². The molecule has 0 atom stereocenters. The highest BCUT2D eigenvalue weighted by Gasteiger charge is 2.09. The summed E-state index contributed by atoms with van der Waals surface area (Å²) in [5, 5.41) is 12.1. The van der Waals surface area contributed by atoms with Gasteiger partial charge in [-0.25, -0.2) is 9.97 Å². The Hall–Kier alpha value is -1.56. The van der Waals surface area contributed by atoms with Gasteiger partial charge in [-0.1, -0.05) is 55.3 Å². The van der Waals surface area contributed by atoms with Crippen molar-refractivity contribution in [3.63, 3.8) is 0 Å². The van der Waals surface area contributed by atoms with Crippen LogP contribution >= 0.6 is 43.2 Å². The second-order valence-corrected chi connectivity index (χ2v) is 12.2. The molecule has 0 saturated heterocycles. The Kier molecular flexibility index (Phi) is 15.1. The minimum Gasteiger partial charge on any atom is -0.299 e.